The van der Waals surface area contributed by atoms with Crippen molar-refractivity contribution in [1.29, 1.82) is 0 Å². The van der Waals surface area contributed by atoms with Crippen LogP contribution in [0.4, 0.5) is 0 Å². The van der Waals surface area contributed by atoms with E-state index in [1.165, 1.54) is 18.9 Å². The number of thioether (sulfide) groups is 2. The fourth-order valence-electron chi connectivity index (χ4n) is 2.30. The molecule has 1 fully saturated rings. The predicted octanol–water partition coefficient (Wildman–Crippen LogP) is 2.42. The predicted molar refractivity (Wildman–Crippen MR) is 91.6 cm³/mol. The standard InChI is InChI=1S/C15H16N2O3S2/c1-20-13-7-10(2-3-12(13)18)6-11-8-21-5-4-17(11)15-16-14(19)9-22-15/h2-3,6-7,18H,4-5,8-9H2,1H3/b11-6+. The van der Waals surface area contributed by atoms with E-state index < -0.39 is 0 Å². The highest BCUT2D eigenvalue weighted by molar-refractivity contribution is 8.14. The lowest BCUT2D eigenvalue weighted by Crippen LogP contribution is -2.34. The largest absolute Gasteiger partial charge is 0.504 e. The lowest BCUT2D eigenvalue weighted by molar-refractivity contribution is -0.115. The van der Waals surface area contributed by atoms with Gasteiger partial charge in [0.15, 0.2) is 16.7 Å². The number of aliphatic imine (C=N–C) groups is 1. The van der Waals surface area contributed by atoms with Gasteiger partial charge in [0.2, 0.25) is 0 Å². The third-order valence-electron chi connectivity index (χ3n) is 3.37. The first kappa shape index (κ1) is 15.3. The molecule has 5 nitrogen and oxygen atoms in total. The first-order valence-electron chi connectivity index (χ1n) is 6.84. The van der Waals surface area contributed by atoms with Crippen LogP contribution in [-0.4, -0.2) is 52.0 Å². The summed E-state index contributed by atoms with van der Waals surface area (Å²) >= 11 is 3.35. The van der Waals surface area contributed by atoms with Crippen LogP contribution in [0.15, 0.2) is 28.9 Å². The lowest BCUT2D eigenvalue weighted by atomic mass is 10.1. The number of amides is 1. The quantitative estimate of drug-likeness (QED) is 0.895. The summed E-state index contributed by atoms with van der Waals surface area (Å²) < 4.78 is 5.14. The average molecular weight is 336 g/mol. The van der Waals surface area contributed by atoms with Crippen molar-refractivity contribution in [2.24, 2.45) is 4.99 Å². The van der Waals surface area contributed by atoms with Crippen LogP contribution in [0.2, 0.25) is 0 Å². The van der Waals surface area contributed by atoms with Crippen LogP contribution in [0.1, 0.15) is 5.56 Å². The van der Waals surface area contributed by atoms with Crippen molar-refractivity contribution in [3.8, 4) is 11.5 Å². The van der Waals surface area contributed by atoms with Gasteiger partial charge in [0.1, 0.15) is 0 Å². The molecule has 1 aromatic rings. The number of carbonyl (C=O) groups is 1. The first-order valence-corrected chi connectivity index (χ1v) is 8.98. The molecule has 7 heteroatoms. The molecular weight excluding hydrogens is 320 g/mol. The van der Waals surface area contributed by atoms with Crippen LogP contribution in [0.3, 0.4) is 0 Å². The number of phenolic OH excluding ortho intramolecular Hbond substituents is 1. The summed E-state index contributed by atoms with van der Waals surface area (Å²) in [4.78, 5) is 17.6. The fraction of sp³-hybridized carbons (Fsp3) is 0.333. The molecule has 0 spiro atoms. The summed E-state index contributed by atoms with van der Waals surface area (Å²) in [6.07, 6.45) is 2.06. The zero-order valence-corrected chi connectivity index (χ0v) is 13.7. The minimum Gasteiger partial charge on any atom is -0.504 e. The van der Waals surface area contributed by atoms with Crippen molar-refractivity contribution in [1.82, 2.24) is 4.90 Å². The number of nitrogens with zero attached hydrogens (tertiary/aromatic N) is 2. The zero-order chi connectivity index (χ0) is 15.5. The molecular formula is C15H16N2O3S2. The van der Waals surface area contributed by atoms with Gasteiger partial charge in [-0.15, -0.1) is 0 Å². The molecule has 22 heavy (non-hydrogen) atoms. The Bertz CT molecular complexity index is 658. The molecule has 0 aliphatic carbocycles. The number of methoxy groups -OCH3 is 1. The third-order valence-corrected chi connectivity index (χ3v) is 5.30. The fourth-order valence-corrected chi connectivity index (χ4v) is 4.06. The van der Waals surface area contributed by atoms with Crippen LogP contribution in [-0.2, 0) is 4.79 Å². The van der Waals surface area contributed by atoms with Gasteiger partial charge < -0.3 is 14.7 Å². The highest BCUT2D eigenvalue weighted by Gasteiger charge is 2.25. The Morgan fingerprint density at radius 2 is 2.27 bits per heavy atom. The Morgan fingerprint density at radius 3 is 3.00 bits per heavy atom. The third kappa shape index (κ3) is 3.25. The van der Waals surface area contributed by atoms with Gasteiger partial charge in [0.05, 0.1) is 12.9 Å². The number of amidine groups is 1. The SMILES string of the molecule is COc1cc(/C=C2\CSCCN2C2=NC(=O)CS2)ccc1O. The molecule has 2 aliphatic heterocycles. The second-order valence-electron chi connectivity index (χ2n) is 4.85. The molecule has 1 aromatic carbocycles. The van der Waals surface area contributed by atoms with Crippen molar-refractivity contribution in [2.75, 3.05) is 30.9 Å². The van der Waals surface area contributed by atoms with E-state index in [1.807, 2.05) is 17.8 Å². The summed E-state index contributed by atoms with van der Waals surface area (Å²) in [5.74, 6) is 2.83. The molecule has 2 aliphatic rings. The van der Waals surface area contributed by atoms with E-state index in [1.54, 1.807) is 12.1 Å². The van der Waals surface area contributed by atoms with Crippen molar-refractivity contribution < 1.29 is 14.6 Å². The molecule has 0 atom stereocenters. The van der Waals surface area contributed by atoms with E-state index in [-0.39, 0.29) is 11.7 Å². The maximum Gasteiger partial charge on any atom is 0.258 e. The second-order valence-corrected chi connectivity index (χ2v) is 6.90. The summed E-state index contributed by atoms with van der Waals surface area (Å²) in [5.41, 5.74) is 2.07. The number of phenols is 1. The van der Waals surface area contributed by atoms with Gasteiger partial charge in [0, 0.05) is 23.7 Å². The van der Waals surface area contributed by atoms with Crippen LogP contribution in [0, 0.1) is 0 Å². The first-order chi connectivity index (χ1) is 10.7. The van der Waals surface area contributed by atoms with Gasteiger partial charge in [-0.3, -0.25) is 4.79 Å². The minimum absolute atomic E-state index is 0.0659. The van der Waals surface area contributed by atoms with Crippen LogP contribution < -0.4 is 4.74 Å². The number of benzene rings is 1. The van der Waals surface area contributed by atoms with Gasteiger partial charge in [-0.2, -0.15) is 16.8 Å². The second kappa shape index (κ2) is 6.66. The molecule has 0 aromatic heterocycles. The highest BCUT2D eigenvalue weighted by atomic mass is 32.2. The Kier molecular flexibility index (Phi) is 4.63. The molecule has 0 bridgehead atoms. The molecule has 116 valence electrons. The van der Waals surface area contributed by atoms with Gasteiger partial charge in [-0.1, -0.05) is 17.8 Å². The van der Waals surface area contributed by atoms with E-state index in [9.17, 15) is 9.90 Å². The van der Waals surface area contributed by atoms with Crippen molar-refractivity contribution >= 4 is 40.7 Å². The monoisotopic (exact) mass is 336 g/mol. The smallest absolute Gasteiger partial charge is 0.258 e. The zero-order valence-electron chi connectivity index (χ0n) is 12.1. The summed E-state index contributed by atoms with van der Waals surface area (Å²) in [6.45, 7) is 0.852. The molecule has 1 N–H and O–H groups in total. The van der Waals surface area contributed by atoms with Crippen molar-refractivity contribution in [3.05, 3.63) is 29.5 Å². The number of rotatable bonds is 2. The Labute approximate surface area is 137 Å². The average Bonchev–Trinajstić information content (AvgIpc) is 2.96. The van der Waals surface area contributed by atoms with E-state index in [0.29, 0.717) is 11.5 Å². The molecule has 2 heterocycles. The van der Waals surface area contributed by atoms with Gasteiger partial charge >= 0.3 is 0 Å². The van der Waals surface area contributed by atoms with Gasteiger partial charge in [-0.25, -0.2) is 0 Å². The molecule has 0 saturated carbocycles. The molecule has 3 rings (SSSR count). The van der Waals surface area contributed by atoms with E-state index in [4.69, 9.17) is 4.74 Å². The Morgan fingerprint density at radius 1 is 1.41 bits per heavy atom. The van der Waals surface area contributed by atoms with Crippen LogP contribution >= 0.6 is 23.5 Å². The topological polar surface area (TPSA) is 62.1 Å². The normalized spacial score (nSPS) is 20.4. The molecule has 0 radical (unpaired) electrons. The lowest BCUT2D eigenvalue weighted by Gasteiger charge is -2.30. The maximum absolute atomic E-state index is 11.4. The highest BCUT2D eigenvalue weighted by Crippen LogP contribution is 2.30. The van der Waals surface area contributed by atoms with Gasteiger partial charge in [-0.05, 0) is 23.8 Å². The molecule has 0 unspecified atom stereocenters. The number of carbonyl (C=O) groups excluding carboxylic acids is 1. The number of ether oxygens (including phenoxy) is 1. The van der Waals surface area contributed by atoms with Crippen LogP contribution in [0.25, 0.3) is 6.08 Å². The summed E-state index contributed by atoms with van der Waals surface area (Å²) in [6, 6.07) is 5.27. The summed E-state index contributed by atoms with van der Waals surface area (Å²) in [5, 5.41) is 10.5. The maximum atomic E-state index is 11.4. The number of hydrogen-bond acceptors (Lipinski definition) is 6. The van der Waals surface area contributed by atoms with Gasteiger partial charge in [0.25, 0.3) is 5.91 Å². The van der Waals surface area contributed by atoms with Crippen molar-refractivity contribution in [3.63, 3.8) is 0 Å². The number of hydrogen-bond donors (Lipinski definition) is 1. The Balaban J connectivity index is 1.90. The van der Waals surface area contributed by atoms with Crippen LogP contribution in [0.5, 0.6) is 11.5 Å². The molecule has 1 amide bonds. The van der Waals surface area contributed by atoms with E-state index in [2.05, 4.69) is 16.0 Å². The van der Waals surface area contributed by atoms with E-state index in [0.717, 1.165) is 34.5 Å². The minimum atomic E-state index is -0.0659. The molecule has 1 saturated heterocycles. The van der Waals surface area contributed by atoms with Crippen molar-refractivity contribution in [2.45, 2.75) is 0 Å². The summed E-state index contributed by atoms with van der Waals surface area (Å²) in [7, 11) is 1.53. The van der Waals surface area contributed by atoms with E-state index >= 15 is 0 Å². The Hall–Kier alpha value is -1.60. The number of aromatic hydroxyl groups is 1.